The van der Waals surface area contributed by atoms with Gasteiger partial charge in [-0.3, -0.25) is 9.00 Å². The van der Waals surface area contributed by atoms with Gasteiger partial charge in [-0.15, -0.1) is 0 Å². The van der Waals surface area contributed by atoms with Gasteiger partial charge in [0.2, 0.25) is 5.91 Å². The van der Waals surface area contributed by atoms with Crippen molar-refractivity contribution in [2.75, 3.05) is 7.05 Å². The molecular formula is C18H20FNO2S. The lowest BCUT2D eigenvalue weighted by Crippen LogP contribution is -2.37. The fourth-order valence-electron chi connectivity index (χ4n) is 2.25. The highest BCUT2D eigenvalue weighted by molar-refractivity contribution is 7.85. The molecule has 0 fully saturated rings. The Balaban J connectivity index is 1.98. The lowest BCUT2D eigenvalue weighted by atomic mass is 10.2. The third kappa shape index (κ3) is 4.73. The van der Waals surface area contributed by atoms with E-state index in [0.717, 1.165) is 5.56 Å². The Hall–Kier alpha value is -2.01. The second kappa shape index (κ2) is 8.02. The molecule has 2 aromatic rings. The minimum absolute atomic E-state index is 0.0404. The molecule has 5 heteroatoms. The largest absolute Gasteiger partial charge is 0.340 e. The molecule has 0 radical (unpaired) electrons. The van der Waals surface area contributed by atoms with Gasteiger partial charge in [-0.05, 0) is 18.6 Å². The van der Waals surface area contributed by atoms with Crippen LogP contribution in [0.2, 0.25) is 0 Å². The molecule has 0 heterocycles. The zero-order valence-corrected chi connectivity index (χ0v) is 14.1. The number of hydrogen-bond donors (Lipinski definition) is 0. The van der Waals surface area contributed by atoms with Crippen molar-refractivity contribution in [3.8, 4) is 0 Å². The maximum Gasteiger partial charge on any atom is 0.238 e. The van der Waals surface area contributed by atoms with Gasteiger partial charge in [0.25, 0.3) is 0 Å². The predicted molar refractivity (Wildman–Crippen MR) is 90.6 cm³/mol. The highest BCUT2D eigenvalue weighted by atomic mass is 32.2. The molecule has 2 atom stereocenters. The summed E-state index contributed by atoms with van der Waals surface area (Å²) in [7, 11) is 0.221. The molecule has 1 amide bonds. The van der Waals surface area contributed by atoms with E-state index < -0.39 is 21.9 Å². The summed E-state index contributed by atoms with van der Waals surface area (Å²) in [6, 6.07) is 15.8. The Morgan fingerprint density at radius 1 is 1.13 bits per heavy atom. The van der Waals surface area contributed by atoms with E-state index in [-0.39, 0.29) is 11.7 Å². The van der Waals surface area contributed by atoms with Crippen molar-refractivity contribution in [1.29, 1.82) is 0 Å². The first-order chi connectivity index (χ1) is 11.0. The zero-order chi connectivity index (χ0) is 16.8. The molecule has 23 heavy (non-hydrogen) atoms. The summed E-state index contributed by atoms with van der Waals surface area (Å²) >= 11 is 0. The van der Waals surface area contributed by atoms with Crippen LogP contribution in [0.4, 0.5) is 4.39 Å². The molecule has 0 aliphatic carbocycles. The van der Waals surface area contributed by atoms with Crippen LogP contribution < -0.4 is 0 Å². The van der Waals surface area contributed by atoms with Crippen LogP contribution in [0, 0.1) is 5.82 Å². The Bertz CT molecular complexity index is 690. The summed E-state index contributed by atoms with van der Waals surface area (Å²) in [4.78, 5) is 14.0. The number of nitrogens with zero attached hydrogens (tertiary/aromatic N) is 1. The lowest BCUT2D eigenvalue weighted by molar-refractivity contribution is -0.129. The summed E-state index contributed by atoms with van der Waals surface area (Å²) in [6.45, 7) is 2.09. The first-order valence-electron chi connectivity index (χ1n) is 7.38. The minimum atomic E-state index is -1.47. The molecule has 0 N–H and O–H groups in total. The van der Waals surface area contributed by atoms with Crippen molar-refractivity contribution >= 4 is 16.7 Å². The fourth-order valence-corrected chi connectivity index (χ4v) is 3.45. The monoisotopic (exact) mass is 333 g/mol. The summed E-state index contributed by atoms with van der Waals surface area (Å²) in [5.41, 5.74) is 1.38. The highest BCUT2D eigenvalue weighted by Crippen LogP contribution is 2.13. The van der Waals surface area contributed by atoms with Crippen molar-refractivity contribution in [2.45, 2.75) is 24.5 Å². The SMILES string of the molecule is C[C@H](C(=O)N(C)Cc1ccccc1)[S@@](=O)Cc1ccccc1F. The predicted octanol–water partition coefficient (Wildman–Crippen LogP) is 3.12. The highest BCUT2D eigenvalue weighted by Gasteiger charge is 2.24. The van der Waals surface area contributed by atoms with Gasteiger partial charge in [0.15, 0.2) is 0 Å². The number of rotatable bonds is 6. The Morgan fingerprint density at radius 2 is 1.74 bits per heavy atom. The molecule has 0 unspecified atom stereocenters. The second-order valence-electron chi connectivity index (χ2n) is 5.44. The van der Waals surface area contributed by atoms with Gasteiger partial charge in [0.1, 0.15) is 11.1 Å². The van der Waals surface area contributed by atoms with Crippen molar-refractivity contribution in [3.63, 3.8) is 0 Å². The first-order valence-corrected chi connectivity index (χ1v) is 8.76. The Labute approximate surface area is 138 Å². The molecule has 122 valence electrons. The van der Waals surface area contributed by atoms with E-state index >= 15 is 0 Å². The smallest absolute Gasteiger partial charge is 0.238 e. The van der Waals surface area contributed by atoms with Gasteiger partial charge < -0.3 is 4.90 Å². The van der Waals surface area contributed by atoms with Crippen LogP contribution in [0.3, 0.4) is 0 Å². The maximum atomic E-state index is 13.6. The van der Waals surface area contributed by atoms with Crippen molar-refractivity contribution in [2.24, 2.45) is 0 Å². The first kappa shape index (κ1) is 17.3. The van der Waals surface area contributed by atoms with Gasteiger partial charge in [-0.25, -0.2) is 4.39 Å². The van der Waals surface area contributed by atoms with Gasteiger partial charge in [0, 0.05) is 30.0 Å². The molecule has 3 nitrogen and oxygen atoms in total. The standard InChI is InChI=1S/C18H20FNO2S/c1-14(23(22)13-16-10-6-7-11-17(16)19)18(21)20(2)12-15-8-4-3-5-9-15/h3-11,14H,12-13H2,1-2H3/t14-,23+/m1/s1. The molecule has 0 saturated heterocycles. The molecule has 0 aliphatic heterocycles. The molecular weight excluding hydrogens is 313 g/mol. The Kier molecular flexibility index (Phi) is 6.04. The topological polar surface area (TPSA) is 37.4 Å². The Morgan fingerprint density at radius 3 is 2.39 bits per heavy atom. The maximum absolute atomic E-state index is 13.6. The van der Waals surface area contributed by atoms with Crippen molar-refractivity contribution in [1.82, 2.24) is 4.90 Å². The van der Waals surface area contributed by atoms with Crippen LogP contribution in [-0.4, -0.2) is 27.3 Å². The van der Waals surface area contributed by atoms with Crippen LogP contribution in [-0.2, 0) is 27.9 Å². The molecule has 2 aromatic carbocycles. The normalized spacial score (nSPS) is 13.3. The van der Waals surface area contributed by atoms with Crippen molar-refractivity contribution < 1.29 is 13.4 Å². The summed E-state index contributed by atoms with van der Waals surface area (Å²) < 4.78 is 26.0. The van der Waals surface area contributed by atoms with Crippen LogP contribution in [0.25, 0.3) is 0 Å². The number of benzene rings is 2. The van der Waals surface area contributed by atoms with Crippen LogP contribution in [0.1, 0.15) is 18.1 Å². The lowest BCUT2D eigenvalue weighted by Gasteiger charge is -2.21. The fraction of sp³-hybridized carbons (Fsp3) is 0.278. The number of halogens is 1. The molecule has 0 bridgehead atoms. The van der Waals surface area contributed by atoms with E-state index in [1.54, 1.807) is 37.1 Å². The second-order valence-corrected chi connectivity index (χ2v) is 7.20. The number of hydrogen-bond acceptors (Lipinski definition) is 2. The summed E-state index contributed by atoms with van der Waals surface area (Å²) in [6.07, 6.45) is 0. The van der Waals surface area contributed by atoms with Crippen LogP contribution in [0.15, 0.2) is 54.6 Å². The average Bonchev–Trinajstić information content (AvgIpc) is 2.56. The van der Waals surface area contributed by atoms with Gasteiger partial charge in [-0.2, -0.15) is 0 Å². The average molecular weight is 333 g/mol. The molecule has 2 rings (SSSR count). The van der Waals surface area contributed by atoms with Crippen LogP contribution >= 0.6 is 0 Å². The van der Waals surface area contributed by atoms with E-state index in [1.165, 1.54) is 6.07 Å². The zero-order valence-electron chi connectivity index (χ0n) is 13.2. The van der Waals surface area contributed by atoms with Gasteiger partial charge in [0.05, 0.1) is 5.75 Å². The third-order valence-electron chi connectivity index (χ3n) is 3.64. The molecule has 0 aromatic heterocycles. The molecule has 0 saturated carbocycles. The van der Waals surface area contributed by atoms with Crippen LogP contribution in [0.5, 0.6) is 0 Å². The van der Waals surface area contributed by atoms with E-state index in [1.807, 2.05) is 30.3 Å². The van der Waals surface area contributed by atoms with Gasteiger partial charge in [-0.1, -0.05) is 48.5 Å². The summed E-state index contributed by atoms with van der Waals surface area (Å²) in [5.74, 6) is -0.555. The van der Waals surface area contributed by atoms with Gasteiger partial charge >= 0.3 is 0 Å². The molecule has 0 aliphatic rings. The number of carbonyl (C=O) groups excluding carboxylic acids is 1. The third-order valence-corrected chi connectivity index (χ3v) is 5.22. The van der Waals surface area contributed by atoms with E-state index in [0.29, 0.717) is 12.1 Å². The van der Waals surface area contributed by atoms with E-state index in [4.69, 9.17) is 0 Å². The van der Waals surface area contributed by atoms with E-state index in [9.17, 15) is 13.4 Å². The summed E-state index contributed by atoms with van der Waals surface area (Å²) in [5, 5.41) is -0.677. The number of amides is 1. The van der Waals surface area contributed by atoms with Crippen molar-refractivity contribution in [3.05, 3.63) is 71.5 Å². The molecule has 0 spiro atoms. The minimum Gasteiger partial charge on any atom is -0.340 e. The number of carbonyl (C=O) groups is 1. The quantitative estimate of drug-likeness (QED) is 0.814. The van der Waals surface area contributed by atoms with E-state index in [2.05, 4.69) is 0 Å².